The third-order valence-corrected chi connectivity index (χ3v) is 5.55. The molecule has 0 saturated carbocycles. The van der Waals surface area contributed by atoms with Crippen molar-refractivity contribution >= 4 is 17.4 Å². The van der Waals surface area contributed by atoms with Gasteiger partial charge in [0.25, 0.3) is 0 Å². The van der Waals surface area contributed by atoms with Gasteiger partial charge in [-0.2, -0.15) is 0 Å². The molecule has 150 valence electrons. The number of anilines is 2. The summed E-state index contributed by atoms with van der Waals surface area (Å²) in [5.74, 6) is 0. The van der Waals surface area contributed by atoms with Crippen molar-refractivity contribution in [2.45, 2.75) is 6.04 Å². The number of benzene rings is 2. The minimum atomic E-state index is -0.153. The van der Waals surface area contributed by atoms with E-state index in [4.69, 9.17) is 0 Å². The Hall–Kier alpha value is -2.57. The van der Waals surface area contributed by atoms with Gasteiger partial charge in [-0.3, -0.25) is 0 Å². The summed E-state index contributed by atoms with van der Waals surface area (Å²) in [5, 5.41) is 6.00. The number of quaternary nitrogens is 2. The lowest BCUT2D eigenvalue weighted by molar-refractivity contribution is -1.02. The molecule has 6 nitrogen and oxygen atoms in total. The molecule has 1 aliphatic heterocycles. The second-order valence-corrected chi connectivity index (χ2v) is 7.85. The maximum absolute atomic E-state index is 12.4. The number of carbonyl (C=O) groups excluding carboxylic acids is 1. The average molecular weight is 384 g/mol. The van der Waals surface area contributed by atoms with Crippen molar-refractivity contribution in [3.8, 4) is 0 Å². The zero-order valence-corrected chi connectivity index (χ0v) is 17.2. The molecule has 2 aromatic carbocycles. The summed E-state index contributed by atoms with van der Waals surface area (Å²) in [6, 6.07) is 18.4. The third kappa shape index (κ3) is 5.47. The first kappa shape index (κ1) is 20.2. The van der Waals surface area contributed by atoms with Crippen molar-refractivity contribution in [2.24, 2.45) is 0 Å². The van der Waals surface area contributed by atoms with E-state index < -0.39 is 0 Å². The Morgan fingerprint density at radius 2 is 1.64 bits per heavy atom. The number of rotatable bonds is 6. The van der Waals surface area contributed by atoms with Crippen LogP contribution in [0.15, 0.2) is 54.6 Å². The number of urea groups is 1. The van der Waals surface area contributed by atoms with Crippen molar-refractivity contribution in [3.05, 3.63) is 60.2 Å². The molecule has 1 aliphatic rings. The highest BCUT2D eigenvalue weighted by Gasteiger charge is 2.29. The van der Waals surface area contributed by atoms with E-state index in [1.165, 1.54) is 11.3 Å². The minimum absolute atomic E-state index is 0.153. The van der Waals surface area contributed by atoms with Crippen LogP contribution in [0, 0.1) is 0 Å². The molecule has 6 heteroatoms. The SMILES string of the molecule is CN(C)c1ccc([C@H](CNC(=O)Nc2ccccc2)[NH+]2CC[NH+](C)CC2)cc1. The monoisotopic (exact) mass is 383 g/mol. The Balaban J connectivity index is 1.68. The number of amides is 2. The summed E-state index contributed by atoms with van der Waals surface area (Å²) >= 11 is 0. The highest BCUT2D eigenvalue weighted by Crippen LogP contribution is 2.16. The van der Waals surface area contributed by atoms with Gasteiger partial charge in [-0.15, -0.1) is 0 Å². The quantitative estimate of drug-likeness (QED) is 0.569. The topological polar surface area (TPSA) is 53.2 Å². The second kappa shape index (κ2) is 9.57. The van der Waals surface area contributed by atoms with E-state index in [2.05, 4.69) is 60.9 Å². The van der Waals surface area contributed by atoms with Gasteiger partial charge in [0, 0.05) is 31.0 Å². The van der Waals surface area contributed by atoms with Gasteiger partial charge in [0.1, 0.15) is 32.2 Å². The highest BCUT2D eigenvalue weighted by atomic mass is 16.2. The summed E-state index contributed by atoms with van der Waals surface area (Å²) in [6.45, 7) is 5.19. The van der Waals surface area contributed by atoms with Crippen molar-refractivity contribution in [1.29, 1.82) is 0 Å². The molecule has 4 N–H and O–H groups in total. The van der Waals surface area contributed by atoms with E-state index in [1.807, 2.05) is 30.3 Å². The lowest BCUT2D eigenvalue weighted by Gasteiger charge is -2.33. The largest absolute Gasteiger partial charge is 0.378 e. The first-order chi connectivity index (χ1) is 13.5. The number of hydrogen-bond donors (Lipinski definition) is 4. The molecule has 0 radical (unpaired) electrons. The predicted octanol–water partition coefficient (Wildman–Crippen LogP) is 0.0286. The van der Waals surface area contributed by atoms with Crippen molar-refractivity contribution in [3.63, 3.8) is 0 Å². The molecule has 2 amide bonds. The van der Waals surface area contributed by atoms with E-state index >= 15 is 0 Å². The molecule has 1 atom stereocenters. The van der Waals surface area contributed by atoms with Crippen LogP contribution >= 0.6 is 0 Å². The van der Waals surface area contributed by atoms with Crippen LogP contribution in [0.3, 0.4) is 0 Å². The lowest BCUT2D eigenvalue weighted by atomic mass is 10.0. The van der Waals surface area contributed by atoms with Gasteiger partial charge in [-0.1, -0.05) is 30.3 Å². The van der Waals surface area contributed by atoms with Crippen molar-refractivity contribution in [2.75, 3.05) is 64.1 Å². The highest BCUT2D eigenvalue weighted by molar-refractivity contribution is 5.89. The van der Waals surface area contributed by atoms with E-state index in [9.17, 15) is 4.79 Å². The fourth-order valence-electron chi connectivity index (χ4n) is 3.74. The van der Waals surface area contributed by atoms with E-state index in [0.29, 0.717) is 6.54 Å². The van der Waals surface area contributed by atoms with E-state index in [1.54, 1.807) is 9.80 Å². The molecule has 0 bridgehead atoms. The maximum atomic E-state index is 12.4. The first-order valence-corrected chi connectivity index (χ1v) is 10.1. The van der Waals surface area contributed by atoms with Crippen molar-refractivity contribution in [1.82, 2.24) is 5.32 Å². The normalized spacial score (nSPS) is 20.2. The summed E-state index contributed by atoms with van der Waals surface area (Å²) in [4.78, 5) is 17.6. The smallest absolute Gasteiger partial charge is 0.319 e. The second-order valence-electron chi connectivity index (χ2n) is 7.85. The number of carbonyl (C=O) groups is 1. The number of piperazine rings is 1. The van der Waals surface area contributed by atoms with E-state index in [-0.39, 0.29) is 12.1 Å². The van der Waals surface area contributed by atoms with Crippen LogP contribution < -0.4 is 25.3 Å². The number of nitrogens with one attached hydrogen (secondary N) is 4. The van der Waals surface area contributed by atoms with Gasteiger partial charge in [0.05, 0.1) is 13.6 Å². The van der Waals surface area contributed by atoms with Crippen LogP contribution in [-0.2, 0) is 0 Å². The zero-order chi connectivity index (χ0) is 19.9. The van der Waals surface area contributed by atoms with E-state index in [0.717, 1.165) is 31.9 Å². The molecule has 3 rings (SSSR count). The third-order valence-electron chi connectivity index (χ3n) is 5.55. The Morgan fingerprint density at radius 3 is 2.25 bits per heavy atom. The zero-order valence-electron chi connectivity index (χ0n) is 17.2. The number of para-hydroxylation sites is 1. The Bertz CT molecular complexity index is 739. The Labute approximate surface area is 168 Å². The standard InChI is InChI=1S/C22H31N5O/c1-25(2)20-11-9-18(10-12-20)21(27-15-13-26(3)14-16-27)17-23-22(28)24-19-7-5-4-6-8-19/h4-12,21H,13-17H2,1-3H3,(H2,23,24,28)/p+2/t21-/m0/s1. The number of likely N-dealkylation sites (N-methyl/N-ethyl adjacent to an activating group) is 1. The fourth-order valence-corrected chi connectivity index (χ4v) is 3.74. The lowest BCUT2D eigenvalue weighted by Crippen LogP contribution is -3.27. The predicted molar refractivity (Wildman–Crippen MR) is 114 cm³/mol. The Kier molecular flexibility index (Phi) is 6.90. The average Bonchev–Trinajstić information content (AvgIpc) is 2.70. The molecule has 2 aromatic rings. The molecule has 28 heavy (non-hydrogen) atoms. The summed E-state index contributed by atoms with van der Waals surface area (Å²) < 4.78 is 0. The molecule has 0 spiro atoms. The van der Waals surface area contributed by atoms with Crippen LogP contribution in [0.25, 0.3) is 0 Å². The molecule has 1 saturated heterocycles. The Morgan fingerprint density at radius 1 is 1.00 bits per heavy atom. The number of hydrogen-bond acceptors (Lipinski definition) is 2. The van der Waals surface area contributed by atoms with Crippen LogP contribution in [-0.4, -0.2) is 59.9 Å². The van der Waals surface area contributed by atoms with Crippen LogP contribution in [0.2, 0.25) is 0 Å². The molecule has 0 aliphatic carbocycles. The maximum Gasteiger partial charge on any atom is 0.319 e. The summed E-state index contributed by atoms with van der Waals surface area (Å²) in [5.41, 5.74) is 3.28. The van der Waals surface area contributed by atoms with Gasteiger partial charge in [-0.25, -0.2) is 4.79 Å². The summed E-state index contributed by atoms with van der Waals surface area (Å²) in [7, 11) is 6.36. The number of nitrogens with zero attached hydrogens (tertiary/aromatic N) is 1. The molecular weight excluding hydrogens is 350 g/mol. The van der Waals surface area contributed by atoms with Gasteiger partial charge >= 0.3 is 6.03 Å². The van der Waals surface area contributed by atoms with Gasteiger partial charge in [-0.05, 0) is 24.3 Å². The molecule has 0 unspecified atom stereocenters. The fraction of sp³-hybridized carbons (Fsp3) is 0.409. The summed E-state index contributed by atoms with van der Waals surface area (Å²) in [6.07, 6.45) is 0. The van der Waals surface area contributed by atoms with Crippen molar-refractivity contribution < 1.29 is 14.6 Å². The van der Waals surface area contributed by atoms with Crippen LogP contribution in [0.4, 0.5) is 16.2 Å². The van der Waals surface area contributed by atoms with Gasteiger partial charge < -0.3 is 25.3 Å². The minimum Gasteiger partial charge on any atom is -0.378 e. The first-order valence-electron chi connectivity index (χ1n) is 10.1. The van der Waals surface area contributed by atoms with Gasteiger partial charge in [0.15, 0.2) is 0 Å². The molecular formula is C22H33N5O+2. The molecule has 1 heterocycles. The molecule has 0 aromatic heterocycles. The van der Waals surface area contributed by atoms with Crippen LogP contribution in [0.1, 0.15) is 11.6 Å². The van der Waals surface area contributed by atoms with Gasteiger partial charge in [0.2, 0.25) is 0 Å². The van der Waals surface area contributed by atoms with Crippen LogP contribution in [0.5, 0.6) is 0 Å². The molecule has 1 fully saturated rings.